The first kappa shape index (κ1) is 12.1. The van der Waals surface area contributed by atoms with E-state index in [9.17, 15) is 4.79 Å². The van der Waals surface area contributed by atoms with Crippen molar-refractivity contribution < 1.29 is 4.79 Å². The van der Waals surface area contributed by atoms with Crippen LogP contribution in [-0.4, -0.2) is 16.6 Å². The largest absolute Gasteiger partial charge is 0.273 e. The van der Waals surface area contributed by atoms with Crippen molar-refractivity contribution in [2.75, 3.05) is 0 Å². The van der Waals surface area contributed by atoms with Crippen LogP contribution in [0.5, 0.6) is 0 Å². The Bertz CT molecular complexity index is 482. The van der Waals surface area contributed by atoms with Gasteiger partial charge in [0.25, 0.3) is 0 Å². The molecule has 0 saturated heterocycles. The van der Waals surface area contributed by atoms with Crippen LogP contribution in [0.3, 0.4) is 0 Å². The second kappa shape index (κ2) is 4.88. The van der Waals surface area contributed by atoms with E-state index in [2.05, 4.69) is 5.10 Å². The van der Waals surface area contributed by atoms with Gasteiger partial charge in [0.15, 0.2) is 0 Å². The van der Waals surface area contributed by atoms with E-state index in [0.717, 1.165) is 28.3 Å². The molecule has 0 fully saturated rings. The van der Waals surface area contributed by atoms with Gasteiger partial charge in [-0.15, -0.1) is 0 Å². The Morgan fingerprint density at radius 3 is 2.82 bits per heavy atom. The summed E-state index contributed by atoms with van der Waals surface area (Å²) in [5.74, 6) is 0.0782. The summed E-state index contributed by atoms with van der Waals surface area (Å²) in [6.07, 6.45) is 1.30. The minimum atomic E-state index is 0.0782. The fourth-order valence-corrected chi connectivity index (χ4v) is 1.94. The van der Waals surface area contributed by atoms with Gasteiger partial charge in [-0.1, -0.05) is 30.7 Å². The lowest BCUT2D eigenvalue weighted by Crippen LogP contribution is -2.20. The summed E-state index contributed by atoms with van der Waals surface area (Å²) in [6.45, 7) is 4.50. The molecule has 0 bridgehead atoms. The van der Waals surface area contributed by atoms with Crippen molar-refractivity contribution in [2.24, 2.45) is 5.10 Å². The second-order valence-electron chi connectivity index (χ2n) is 4.23. The minimum absolute atomic E-state index is 0.0782. The van der Waals surface area contributed by atoms with Crippen LogP contribution in [0.4, 0.5) is 0 Å². The third kappa shape index (κ3) is 2.67. The first-order valence-corrected chi connectivity index (χ1v) is 6.09. The molecule has 4 heteroatoms. The zero-order chi connectivity index (χ0) is 12.4. The predicted molar refractivity (Wildman–Crippen MR) is 69.1 cm³/mol. The van der Waals surface area contributed by atoms with Crippen molar-refractivity contribution in [1.82, 2.24) is 5.01 Å². The lowest BCUT2D eigenvalue weighted by Gasteiger charge is -2.12. The summed E-state index contributed by atoms with van der Waals surface area (Å²) in [6, 6.07) is 5.79. The van der Waals surface area contributed by atoms with Crippen LogP contribution in [-0.2, 0) is 11.3 Å². The molecule has 1 aromatic rings. The highest BCUT2D eigenvalue weighted by Gasteiger charge is 2.22. The van der Waals surface area contributed by atoms with Crippen molar-refractivity contribution in [3.8, 4) is 0 Å². The summed E-state index contributed by atoms with van der Waals surface area (Å²) >= 11 is 5.96. The van der Waals surface area contributed by atoms with Crippen LogP contribution < -0.4 is 0 Å². The number of benzene rings is 1. The van der Waals surface area contributed by atoms with Crippen LogP contribution in [0.1, 0.15) is 30.9 Å². The lowest BCUT2D eigenvalue weighted by atomic mass is 10.1. The quantitative estimate of drug-likeness (QED) is 0.811. The molecule has 0 aliphatic carbocycles. The van der Waals surface area contributed by atoms with Gasteiger partial charge < -0.3 is 0 Å². The van der Waals surface area contributed by atoms with Crippen molar-refractivity contribution in [1.29, 1.82) is 0 Å². The third-order valence-electron chi connectivity index (χ3n) is 2.87. The van der Waals surface area contributed by atoms with Gasteiger partial charge in [0, 0.05) is 10.7 Å². The maximum atomic E-state index is 11.7. The van der Waals surface area contributed by atoms with E-state index >= 15 is 0 Å². The van der Waals surface area contributed by atoms with E-state index in [1.54, 1.807) is 5.01 Å². The van der Waals surface area contributed by atoms with Crippen molar-refractivity contribution in [2.45, 2.75) is 33.2 Å². The molecule has 1 heterocycles. The van der Waals surface area contributed by atoms with Gasteiger partial charge in [0.05, 0.1) is 13.0 Å². The molecule has 0 saturated carbocycles. The Labute approximate surface area is 106 Å². The first-order valence-electron chi connectivity index (χ1n) is 5.72. The smallest absolute Gasteiger partial charge is 0.248 e. The molecule has 1 aliphatic rings. The molecular formula is C13H15ClN2O. The summed E-state index contributed by atoms with van der Waals surface area (Å²) in [5, 5.41) is 6.59. The van der Waals surface area contributed by atoms with E-state index in [1.807, 2.05) is 32.0 Å². The number of hydrazone groups is 1. The fraction of sp³-hybridized carbons (Fsp3) is 0.385. The first-order chi connectivity index (χ1) is 8.10. The highest BCUT2D eigenvalue weighted by atomic mass is 35.5. The van der Waals surface area contributed by atoms with Crippen LogP contribution in [0.15, 0.2) is 23.3 Å². The number of rotatable bonds is 3. The number of halogens is 1. The summed E-state index contributed by atoms with van der Waals surface area (Å²) in [7, 11) is 0. The zero-order valence-corrected chi connectivity index (χ0v) is 10.8. The normalized spacial score (nSPS) is 15.4. The van der Waals surface area contributed by atoms with Crippen LogP contribution in [0.25, 0.3) is 0 Å². The highest BCUT2D eigenvalue weighted by molar-refractivity contribution is 6.31. The standard InChI is InChI=1S/C13H15ClN2O/c1-3-11-7-13(17)16(15-11)8-10-4-5-12(14)9(2)6-10/h4-6H,3,7-8H2,1-2H3. The molecule has 0 radical (unpaired) electrons. The lowest BCUT2D eigenvalue weighted by molar-refractivity contribution is -0.129. The molecule has 1 aliphatic heterocycles. The maximum Gasteiger partial charge on any atom is 0.248 e. The summed E-state index contributed by atoms with van der Waals surface area (Å²) < 4.78 is 0. The Morgan fingerprint density at radius 1 is 1.47 bits per heavy atom. The van der Waals surface area contributed by atoms with Gasteiger partial charge in [0.1, 0.15) is 0 Å². The van der Waals surface area contributed by atoms with Gasteiger partial charge >= 0.3 is 0 Å². The monoisotopic (exact) mass is 250 g/mol. The van der Waals surface area contributed by atoms with Crippen LogP contribution in [0, 0.1) is 6.92 Å². The van der Waals surface area contributed by atoms with Gasteiger partial charge in [-0.05, 0) is 30.5 Å². The minimum Gasteiger partial charge on any atom is -0.273 e. The van der Waals surface area contributed by atoms with Crippen molar-refractivity contribution in [3.05, 3.63) is 34.3 Å². The second-order valence-corrected chi connectivity index (χ2v) is 4.64. The zero-order valence-electron chi connectivity index (χ0n) is 10.0. The average molecular weight is 251 g/mol. The molecule has 0 unspecified atom stereocenters. The summed E-state index contributed by atoms with van der Waals surface area (Å²) in [4.78, 5) is 11.7. The number of nitrogens with zero attached hydrogens (tertiary/aromatic N) is 2. The molecule has 2 rings (SSSR count). The van der Waals surface area contributed by atoms with Gasteiger partial charge in [-0.25, -0.2) is 5.01 Å². The average Bonchev–Trinajstić information content (AvgIpc) is 2.65. The number of amides is 1. The van der Waals surface area contributed by atoms with E-state index in [0.29, 0.717) is 13.0 Å². The molecule has 0 N–H and O–H groups in total. The van der Waals surface area contributed by atoms with Crippen molar-refractivity contribution in [3.63, 3.8) is 0 Å². The number of carbonyl (C=O) groups is 1. The van der Waals surface area contributed by atoms with Crippen LogP contribution >= 0.6 is 11.6 Å². The van der Waals surface area contributed by atoms with Gasteiger partial charge in [0.2, 0.25) is 5.91 Å². The Morgan fingerprint density at radius 2 is 2.24 bits per heavy atom. The highest BCUT2D eigenvalue weighted by Crippen LogP contribution is 2.19. The number of hydrogen-bond donors (Lipinski definition) is 0. The molecule has 17 heavy (non-hydrogen) atoms. The van der Waals surface area contributed by atoms with E-state index in [-0.39, 0.29) is 5.91 Å². The molecule has 1 aromatic carbocycles. The Hall–Kier alpha value is -1.35. The Kier molecular flexibility index (Phi) is 3.48. The van der Waals surface area contributed by atoms with Gasteiger partial charge in [-0.2, -0.15) is 5.10 Å². The van der Waals surface area contributed by atoms with E-state index in [4.69, 9.17) is 11.6 Å². The Balaban J connectivity index is 2.13. The molecule has 1 amide bonds. The molecule has 0 atom stereocenters. The third-order valence-corrected chi connectivity index (χ3v) is 3.29. The topological polar surface area (TPSA) is 32.7 Å². The predicted octanol–water partition coefficient (Wildman–Crippen LogP) is 3.15. The molecule has 90 valence electrons. The molecule has 0 aromatic heterocycles. The number of carbonyl (C=O) groups excluding carboxylic acids is 1. The summed E-state index contributed by atoms with van der Waals surface area (Å²) in [5.41, 5.74) is 3.04. The molecule has 3 nitrogen and oxygen atoms in total. The number of hydrogen-bond acceptors (Lipinski definition) is 2. The van der Waals surface area contributed by atoms with E-state index < -0.39 is 0 Å². The van der Waals surface area contributed by atoms with Crippen LogP contribution in [0.2, 0.25) is 5.02 Å². The van der Waals surface area contributed by atoms with E-state index in [1.165, 1.54) is 0 Å². The molecular weight excluding hydrogens is 236 g/mol. The van der Waals surface area contributed by atoms with Crippen molar-refractivity contribution >= 4 is 23.2 Å². The SMILES string of the molecule is CCC1=NN(Cc2ccc(Cl)c(C)c2)C(=O)C1. The molecule has 0 spiro atoms. The number of aryl methyl sites for hydroxylation is 1. The maximum absolute atomic E-state index is 11.7. The fourth-order valence-electron chi connectivity index (χ4n) is 1.82. The van der Waals surface area contributed by atoms with Gasteiger partial charge in [-0.3, -0.25) is 4.79 Å².